The van der Waals surface area contributed by atoms with Crippen LogP contribution in [0, 0.1) is 5.41 Å². The SMILES string of the molecule is CC1(C)CC(=O)C(C=N[C@@H](Cc2ccccc2)C(=O)O)=C(O)C1. The van der Waals surface area contributed by atoms with Crippen molar-refractivity contribution in [3.8, 4) is 0 Å². The number of aliphatic carboxylic acids is 1. The number of aliphatic imine (C=N–C) groups is 1. The first-order chi connectivity index (χ1) is 10.8. The van der Waals surface area contributed by atoms with E-state index >= 15 is 0 Å². The molecule has 0 saturated heterocycles. The molecule has 122 valence electrons. The normalized spacial score (nSPS) is 19.1. The summed E-state index contributed by atoms with van der Waals surface area (Å²) < 4.78 is 0. The minimum Gasteiger partial charge on any atom is -0.511 e. The highest BCUT2D eigenvalue weighted by molar-refractivity contribution is 6.14. The van der Waals surface area contributed by atoms with E-state index in [0.717, 1.165) is 5.56 Å². The number of carboxylic acid groups (broad SMARTS) is 1. The van der Waals surface area contributed by atoms with Crippen LogP contribution in [-0.4, -0.2) is 34.2 Å². The predicted octanol–water partition coefficient (Wildman–Crippen LogP) is 2.95. The molecule has 0 radical (unpaired) electrons. The monoisotopic (exact) mass is 315 g/mol. The van der Waals surface area contributed by atoms with Crippen molar-refractivity contribution >= 4 is 18.0 Å². The number of rotatable bonds is 5. The van der Waals surface area contributed by atoms with Crippen molar-refractivity contribution in [2.24, 2.45) is 10.4 Å². The van der Waals surface area contributed by atoms with Crippen LogP contribution in [0.4, 0.5) is 0 Å². The van der Waals surface area contributed by atoms with Crippen LogP contribution in [0.25, 0.3) is 0 Å². The molecular formula is C18H21NO4. The summed E-state index contributed by atoms with van der Waals surface area (Å²) in [5, 5.41) is 19.3. The Hall–Kier alpha value is -2.43. The van der Waals surface area contributed by atoms with E-state index in [9.17, 15) is 19.8 Å². The molecule has 23 heavy (non-hydrogen) atoms. The molecule has 0 bridgehead atoms. The van der Waals surface area contributed by atoms with E-state index in [1.807, 2.05) is 44.2 Å². The minimum absolute atomic E-state index is 0.0150. The Morgan fingerprint density at radius 2 is 1.96 bits per heavy atom. The molecule has 5 heteroatoms. The topological polar surface area (TPSA) is 87.0 Å². The molecule has 0 saturated carbocycles. The summed E-state index contributed by atoms with van der Waals surface area (Å²) in [6, 6.07) is 8.19. The molecule has 1 aliphatic carbocycles. The fourth-order valence-electron chi connectivity index (χ4n) is 2.65. The number of carboxylic acids is 1. The summed E-state index contributed by atoms with van der Waals surface area (Å²) in [6.07, 6.45) is 2.15. The number of hydrogen-bond acceptors (Lipinski definition) is 4. The average molecular weight is 315 g/mol. The van der Waals surface area contributed by atoms with Crippen molar-refractivity contribution in [2.45, 2.75) is 39.2 Å². The minimum atomic E-state index is -1.06. The Morgan fingerprint density at radius 3 is 2.52 bits per heavy atom. The van der Waals surface area contributed by atoms with Crippen LogP contribution in [0.3, 0.4) is 0 Å². The molecule has 0 fully saturated rings. The maximum Gasteiger partial charge on any atom is 0.328 e. The molecule has 2 N–H and O–H groups in total. The van der Waals surface area contributed by atoms with Crippen LogP contribution < -0.4 is 0 Å². The maximum absolute atomic E-state index is 12.1. The lowest BCUT2D eigenvalue weighted by atomic mass is 9.77. The fraction of sp³-hybridized carbons (Fsp3) is 0.389. The maximum atomic E-state index is 12.1. The Bertz CT molecular complexity index is 659. The van der Waals surface area contributed by atoms with E-state index in [0.29, 0.717) is 12.8 Å². The first-order valence-corrected chi connectivity index (χ1v) is 7.54. The number of ketones is 1. The summed E-state index contributed by atoms with van der Waals surface area (Å²) in [5.74, 6) is -1.28. The van der Waals surface area contributed by atoms with Gasteiger partial charge in [0.25, 0.3) is 0 Å². The highest BCUT2D eigenvalue weighted by atomic mass is 16.4. The van der Waals surface area contributed by atoms with Crippen LogP contribution in [0.15, 0.2) is 46.7 Å². The molecule has 0 heterocycles. The second-order valence-corrected chi connectivity index (χ2v) is 6.62. The standard InChI is InChI=1S/C18H21NO4/c1-18(2)9-15(20)13(16(21)10-18)11-19-14(17(22)23)8-12-6-4-3-5-7-12/h3-7,11,14,20H,8-10H2,1-2H3,(H,22,23)/t14-/m0/s1. The lowest BCUT2D eigenvalue weighted by Crippen LogP contribution is -2.27. The van der Waals surface area contributed by atoms with Gasteiger partial charge in [-0.05, 0) is 11.0 Å². The van der Waals surface area contributed by atoms with Gasteiger partial charge in [0.1, 0.15) is 5.76 Å². The molecule has 0 aromatic heterocycles. The summed E-state index contributed by atoms with van der Waals surface area (Å²) in [4.78, 5) is 27.5. The van der Waals surface area contributed by atoms with Crippen molar-refractivity contribution < 1.29 is 19.8 Å². The summed E-state index contributed by atoms with van der Waals surface area (Å²) >= 11 is 0. The zero-order valence-corrected chi connectivity index (χ0v) is 13.3. The van der Waals surface area contributed by atoms with Gasteiger partial charge in [-0.1, -0.05) is 44.2 Å². The fourth-order valence-corrected chi connectivity index (χ4v) is 2.65. The van der Waals surface area contributed by atoms with Crippen LogP contribution >= 0.6 is 0 Å². The molecule has 0 unspecified atom stereocenters. The van der Waals surface area contributed by atoms with E-state index in [-0.39, 0.29) is 29.0 Å². The van der Waals surface area contributed by atoms with Gasteiger partial charge >= 0.3 is 5.97 Å². The van der Waals surface area contributed by atoms with Gasteiger partial charge in [0.05, 0.1) is 5.57 Å². The second-order valence-electron chi connectivity index (χ2n) is 6.62. The van der Waals surface area contributed by atoms with Gasteiger partial charge < -0.3 is 10.2 Å². The Labute approximate surface area is 135 Å². The molecule has 0 spiro atoms. The van der Waals surface area contributed by atoms with Crippen molar-refractivity contribution in [3.63, 3.8) is 0 Å². The highest BCUT2D eigenvalue weighted by Gasteiger charge is 2.32. The molecule has 0 aliphatic heterocycles. The Morgan fingerprint density at radius 1 is 1.30 bits per heavy atom. The molecular weight excluding hydrogens is 294 g/mol. The number of hydrogen-bond donors (Lipinski definition) is 2. The molecule has 1 atom stereocenters. The molecule has 1 aliphatic rings. The Balaban J connectivity index is 2.18. The number of carbonyl (C=O) groups is 2. The zero-order valence-electron chi connectivity index (χ0n) is 13.3. The van der Waals surface area contributed by atoms with E-state index in [1.54, 1.807) is 0 Å². The van der Waals surface area contributed by atoms with Gasteiger partial charge in [-0.3, -0.25) is 9.79 Å². The summed E-state index contributed by atoms with van der Waals surface area (Å²) in [7, 11) is 0. The molecule has 2 rings (SSSR count). The van der Waals surface area contributed by atoms with Gasteiger partial charge in [0.2, 0.25) is 0 Å². The molecule has 0 amide bonds. The smallest absolute Gasteiger partial charge is 0.328 e. The third-order valence-corrected chi connectivity index (χ3v) is 3.84. The second kappa shape index (κ2) is 6.77. The molecule has 1 aromatic rings. The number of carbonyl (C=O) groups excluding carboxylic acids is 1. The quantitative estimate of drug-likeness (QED) is 0.818. The Kier molecular flexibility index (Phi) is 4.98. The van der Waals surface area contributed by atoms with Crippen LogP contribution in [0.2, 0.25) is 0 Å². The molecule has 1 aromatic carbocycles. The number of Topliss-reactive ketones (excluding diaryl/α,β-unsaturated/α-hetero) is 1. The number of aliphatic hydroxyl groups excluding tert-OH is 1. The zero-order chi connectivity index (χ0) is 17.0. The first kappa shape index (κ1) is 16.9. The summed E-state index contributed by atoms with van der Waals surface area (Å²) in [5.41, 5.74) is 0.698. The van der Waals surface area contributed by atoms with E-state index in [1.165, 1.54) is 6.21 Å². The predicted molar refractivity (Wildman–Crippen MR) is 87.7 cm³/mol. The largest absolute Gasteiger partial charge is 0.511 e. The van der Waals surface area contributed by atoms with E-state index in [2.05, 4.69) is 4.99 Å². The van der Waals surface area contributed by atoms with Crippen molar-refractivity contribution in [1.29, 1.82) is 0 Å². The lowest BCUT2D eigenvalue weighted by Gasteiger charge is -2.28. The third-order valence-electron chi connectivity index (χ3n) is 3.84. The first-order valence-electron chi connectivity index (χ1n) is 7.54. The summed E-state index contributed by atoms with van der Waals surface area (Å²) in [6.45, 7) is 3.81. The third kappa shape index (κ3) is 4.52. The van der Waals surface area contributed by atoms with Crippen LogP contribution in [0.1, 0.15) is 32.3 Å². The highest BCUT2D eigenvalue weighted by Crippen LogP contribution is 2.35. The van der Waals surface area contributed by atoms with Gasteiger partial charge in [-0.15, -0.1) is 0 Å². The lowest BCUT2D eigenvalue weighted by molar-refractivity contribution is -0.138. The van der Waals surface area contributed by atoms with Gasteiger partial charge in [-0.25, -0.2) is 4.79 Å². The average Bonchev–Trinajstić information content (AvgIpc) is 2.44. The number of nitrogens with zero attached hydrogens (tertiary/aromatic N) is 1. The van der Waals surface area contributed by atoms with Crippen molar-refractivity contribution in [1.82, 2.24) is 0 Å². The van der Waals surface area contributed by atoms with Crippen LogP contribution in [0.5, 0.6) is 0 Å². The van der Waals surface area contributed by atoms with Crippen molar-refractivity contribution in [2.75, 3.05) is 0 Å². The number of benzene rings is 1. The van der Waals surface area contributed by atoms with Gasteiger partial charge in [0, 0.05) is 25.5 Å². The number of allylic oxidation sites excluding steroid dienone is 2. The van der Waals surface area contributed by atoms with Gasteiger partial charge in [0.15, 0.2) is 11.8 Å². The number of aliphatic hydroxyl groups is 1. The van der Waals surface area contributed by atoms with Crippen LogP contribution in [-0.2, 0) is 16.0 Å². The van der Waals surface area contributed by atoms with Gasteiger partial charge in [-0.2, -0.15) is 0 Å². The van der Waals surface area contributed by atoms with E-state index in [4.69, 9.17) is 0 Å². The van der Waals surface area contributed by atoms with E-state index < -0.39 is 12.0 Å². The van der Waals surface area contributed by atoms with Crippen molar-refractivity contribution in [3.05, 3.63) is 47.2 Å². The molecule has 5 nitrogen and oxygen atoms in total.